The van der Waals surface area contributed by atoms with Crippen molar-refractivity contribution >= 4 is 27.8 Å². The number of sulfonamides is 1. The average Bonchev–Trinajstić information content (AvgIpc) is 3.41. The number of hydrogen-bond acceptors (Lipinski definition) is 7. The summed E-state index contributed by atoms with van der Waals surface area (Å²) in [5, 5.41) is 11.9. The van der Waals surface area contributed by atoms with Gasteiger partial charge >= 0.3 is 11.9 Å². The summed E-state index contributed by atoms with van der Waals surface area (Å²) in [5.74, 6) is -4.59. The molecule has 2 saturated heterocycles. The highest BCUT2D eigenvalue weighted by Gasteiger charge is 2.40. The van der Waals surface area contributed by atoms with Crippen LogP contribution in [0.2, 0.25) is 0 Å². The molecule has 1 aromatic rings. The summed E-state index contributed by atoms with van der Waals surface area (Å²) < 4.78 is 59.9. The molecule has 3 atom stereocenters. The molecule has 0 bridgehead atoms. The van der Waals surface area contributed by atoms with Gasteiger partial charge in [-0.25, -0.2) is 13.2 Å². The molecule has 31 heavy (non-hydrogen) atoms. The van der Waals surface area contributed by atoms with E-state index in [-0.39, 0.29) is 38.0 Å². The van der Waals surface area contributed by atoms with Crippen molar-refractivity contribution in [1.82, 2.24) is 19.8 Å². The van der Waals surface area contributed by atoms with E-state index in [2.05, 4.69) is 20.8 Å². The topological polar surface area (TPSA) is 143 Å². The maximum Gasteiger partial charge on any atom is 0.407 e. The number of aromatic nitrogens is 2. The predicted octanol–water partition coefficient (Wildman–Crippen LogP) is 1.19. The molecule has 0 radical (unpaired) electrons. The lowest BCUT2D eigenvalue weighted by molar-refractivity contribution is -0.119. The molecule has 3 rings (SSSR count). The highest BCUT2D eigenvalue weighted by atomic mass is 32.2. The van der Waals surface area contributed by atoms with Gasteiger partial charge in [0.2, 0.25) is 5.91 Å². The second kappa shape index (κ2) is 9.44. The number of alkyl carbamates (subject to hydrolysis) is 1. The molecule has 11 nitrogen and oxygen atoms in total. The first-order chi connectivity index (χ1) is 14.6. The molecule has 14 heteroatoms. The number of aromatic amines is 1. The average molecular weight is 465 g/mol. The van der Waals surface area contributed by atoms with E-state index in [1.54, 1.807) is 6.07 Å². The Labute approximate surface area is 177 Å². The van der Waals surface area contributed by atoms with E-state index in [1.807, 2.05) is 13.8 Å². The maximum absolute atomic E-state index is 12.7. The molecule has 3 heterocycles. The summed E-state index contributed by atoms with van der Waals surface area (Å²) in [4.78, 5) is 24.1. The molecule has 2 amide bonds. The molecule has 0 saturated carbocycles. The zero-order valence-electron chi connectivity index (χ0n) is 17.0. The number of hydrogen-bond donors (Lipinski definition) is 3. The lowest BCUT2D eigenvalue weighted by atomic mass is 10.1. The quantitative estimate of drug-likeness (QED) is 0.549. The lowest BCUT2D eigenvalue weighted by Gasteiger charge is -2.15. The van der Waals surface area contributed by atoms with Gasteiger partial charge in [-0.2, -0.15) is 18.2 Å². The van der Waals surface area contributed by atoms with E-state index in [0.717, 1.165) is 0 Å². The SMILES string of the molecule is CC(C)NC(=O)O[C@@H]1CO[C@H](c2cc(NC(=O)[C@@H]3CCN(S(=O)(=O)C(F)F)C3)n[nH]2)C1. The van der Waals surface area contributed by atoms with E-state index >= 15 is 0 Å². The van der Waals surface area contributed by atoms with Crippen molar-refractivity contribution in [1.29, 1.82) is 0 Å². The van der Waals surface area contributed by atoms with Crippen molar-refractivity contribution in [2.24, 2.45) is 5.92 Å². The molecular formula is C17H25F2N5O6S. The lowest BCUT2D eigenvalue weighted by Crippen LogP contribution is -2.35. The number of anilines is 1. The van der Waals surface area contributed by atoms with Crippen LogP contribution >= 0.6 is 0 Å². The van der Waals surface area contributed by atoms with Crippen LogP contribution in [0.4, 0.5) is 19.4 Å². The zero-order chi connectivity index (χ0) is 22.8. The highest BCUT2D eigenvalue weighted by Crippen LogP contribution is 2.30. The van der Waals surface area contributed by atoms with E-state index in [4.69, 9.17) is 9.47 Å². The van der Waals surface area contributed by atoms with Crippen LogP contribution in [0, 0.1) is 5.92 Å². The Morgan fingerprint density at radius 2 is 2.13 bits per heavy atom. The summed E-state index contributed by atoms with van der Waals surface area (Å²) in [6.45, 7) is 3.40. The van der Waals surface area contributed by atoms with Crippen molar-refractivity contribution in [2.45, 2.75) is 50.7 Å². The minimum atomic E-state index is -4.70. The van der Waals surface area contributed by atoms with Gasteiger partial charge in [-0.1, -0.05) is 0 Å². The predicted molar refractivity (Wildman–Crippen MR) is 104 cm³/mol. The van der Waals surface area contributed by atoms with Crippen LogP contribution in [0.1, 0.15) is 38.5 Å². The minimum absolute atomic E-state index is 0.0492. The number of amides is 2. The second-order valence-corrected chi connectivity index (χ2v) is 9.63. The fourth-order valence-corrected chi connectivity index (χ4v) is 4.37. The van der Waals surface area contributed by atoms with Crippen molar-refractivity contribution in [2.75, 3.05) is 25.0 Å². The van der Waals surface area contributed by atoms with Crippen LogP contribution in [0.5, 0.6) is 0 Å². The van der Waals surface area contributed by atoms with Crippen molar-refractivity contribution in [3.63, 3.8) is 0 Å². The number of H-pyrrole nitrogens is 1. The number of alkyl halides is 2. The Morgan fingerprint density at radius 3 is 2.81 bits per heavy atom. The van der Waals surface area contributed by atoms with Crippen LogP contribution < -0.4 is 10.6 Å². The number of halogens is 2. The van der Waals surface area contributed by atoms with Gasteiger partial charge in [0, 0.05) is 31.6 Å². The number of carbonyl (C=O) groups excluding carboxylic acids is 2. The van der Waals surface area contributed by atoms with Crippen molar-refractivity contribution in [3.05, 3.63) is 11.8 Å². The Kier molecular flexibility index (Phi) is 7.11. The van der Waals surface area contributed by atoms with Gasteiger partial charge < -0.3 is 20.1 Å². The summed E-state index contributed by atoms with van der Waals surface area (Å²) in [6.07, 6.45) is -0.816. The first-order valence-corrected chi connectivity index (χ1v) is 11.3. The van der Waals surface area contributed by atoms with Gasteiger partial charge in [0.25, 0.3) is 10.0 Å². The molecule has 0 spiro atoms. The van der Waals surface area contributed by atoms with Gasteiger partial charge in [-0.15, -0.1) is 0 Å². The summed E-state index contributed by atoms with van der Waals surface area (Å²) in [7, 11) is -4.70. The van der Waals surface area contributed by atoms with Gasteiger partial charge in [-0.3, -0.25) is 9.89 Å². The van der Waals surface area contributed by atoms with E-state index in [1.165, 1.54) is 0 Å². The molecular weight excluding hydrogens is 440 g/mol. The van der Waals surface area contributed by atoms with E-state index in [9.17, 15) is 26.8 Å². The molecule has 2 aliphatic heterocycles. The number of nitrogens with zero attached hydrogens (tertiary/aromatic N) is 2. The van der Waals surface area contributed by atoms with Crippen LogP contribution in [-0.4, -0.2) is 72.5 Å². The number of ether oxygens (including phenoxy) is 2. The first-order valence-electron chi connectivity index (χ1n) is 9.78. The fraction of sp³-hybridized carbons (Fsp3) is 0.706. The van der Waals surface area contributed by atoms with Crippen LogP contribution in [0.25, 0.3) is 0 Å². The molecule has 0 unspecified atom stereocenters. The minimum Gasteiger partial charge on any atom is -0.444 e. The van der Waals surface area contributed by atoms with Crippen LogP contribution in [0.15, 0.2) is 6.07 Å². The summed E-state index contributed by atoms with van der Waals surface area (Å²) >= 11 is 0. The number of rotatable bonds is 7. The number of nitrogens with one attached hydrogen (secondary N) is 3. The molecule has 3 N–H and O–H groups in total. The van der Waals surface area contributed by atoms with E-state index < -0.39 is 45.9 Å². The zero-order valence-corrected chi connectivity index (χ0v) is 17.8. The van der Waals surface area contributed by atoms with Crippen molar-refractivity contribution in [3.8, 4) is 0 Å². The second-order valence-electron chi connectivity index (χ2n) is 7.73. The Hall–Kier alpha value is -2.32. The van der Waals surface area contributed by atoms with Crippen LogP contribution in [-0.2, 0) is 24.3 Å². The molecule has 0 aromatic carbocycles. The summed E-state index contributed by atoms with van der Waals surface area (Å²) in [5.41, 5.74) is 0.569. The standard InChI is InChI=1S/C17H25F2N5O6S/c1-9(2)20-17(26)30-11-5-13(29-8-11)12-6-14(23-22-12)21-15(25)10-3-4-24(7-10)31(27,28)16(18)19/h6,9-11,13,16H,3-5,7-8H2,1-2H3,(H,20,26)(H2,21,22,23,25)/t10-,11+,13+/m1/s1. The van der Waals surface area contributed by atoms with Gasteiger partial charge in [0.1, 0.15) is 12.2 Å². The smallest absolute Gasteiger partial charge is 0.407 e. The Morgan fingerprint density at radius 1 is 1.39 bits per heavy atom. The molecule has 2 aliphatic rings. The maximum atomic E-state index is 12.7. The Balaban J connectivity index is 1.50. The van der Waals surface area contributed by atoms with Gasteiger partial charge in [0.05, 0.1) is 18.2 Å². The fourth-order valence-electron chi connectivity index (χ4n) is 3.40. The third-order valence-electron chi connectivity index (χ3n) is 4.94. The third kappa shape index (κ3) is 5.68. The molecule has 2 fully saturated rings. The largest absolute Gasteiger partial charge is 0.444 e. The van der Waals surface area contributed by atoms with Crippen molar-refractivity contribution < 1.29 is 36.3 Å². The third-order valence-corrected chi connectivity index (χ3v) is 6.44. The normalized spacial score (nSPS) is 24.6. The summed E-state index contributed by atoms with van der Waals surface area (Å²) in [6, 6.07) is 1.51. The molecule has 1 aromatic heterocycles. The first kappa shape index (κ1) is 23.3. The highest BCUT2D eigenvalue weighted by molar-refractivity contribution is 7.89. The molecule has 0 aliphatic carbocycles. The van der Waals surface area contributed by atoms with Gasteiger partial charge in [-0.05, 0) is 20.3 Å². The van der Waals surface area contributed by atoms with Crippen LogP contribution in [0.3, 0.4) is 0 Å². The monoisotopic (exact) mass is 465 g/mol. The van der Waals surface area contributed by atoms with Gasteiger partial charge in [0.15, 0.2) is 5.82 Å². The van der Waals surface area contributed by atoms with E-state index in [0.29, 0.717) is 16.4 Å². The molecule has 174 valence electrons. The number of carbonyl (C=O) groups is 2. The Bertz CT molecular complexity index is 909.